The van der Waals surface area contributed by atoms with Gasteiger partial charge in [0.05, 0.1) is 5.56 Å². The maximum atomic E-state index is 13.9. The van der Waals surface area contributed by atoms with Gasteiger partial charge in [0.2, 0.25) is 0 Å². The Morgan fingerprint density at radius 2 is 2.25 bits per heavy atom. The molecule has 6 nitrogen and oxygen atoms in total. The first-order chi connectivity index (χ1) is 9.63. The van der Waals surface area contributed by atoms with Crippen molar-refractivity contribution in [2.75, 3.05) is 25.1 Å². The summed E-state index contributed by atoms with van der Waals surface area (Å²) >= 11 is 0. The predicted molar refractivity (Wildman–Crippen MR) is 74.6 cm³/mol. The molecule has 2 heterocycles. The van der Waals surface area contributed by atoms with Gasteiger partial charge in [-0.2, -0.15) is 0 Å². The number of likely N-dealkylation sites (tertiary alicyclic amines) is 1. The molecule has 1 fully saturated rings. The number of aromatic nitrogens is 1. The minimum absolute atomic E-state index is 0.0541. The van der Waals surface area contributed by atoms with Gasteiger partial charge in [-0.1, -0.05) is 0 Å². The highest BCUT2D eigenvalue weighted by Crippen LogP contribution is 2.14. The molecule has 1 amide bonds. The van der Waals surface area contributed by atoms with Crippen molar-refractivity contribution >= 4 is 11.7 Å². The number of anilines is 1. The van der Waals surface area contributed by atoms with Gasteiger partial charge < -0.3 is 10.7 Å². The number of halogens is 1. The first kappa shape index (κ1) is 14.7. The number of pyridine rings is 1. The summed E-state index contributed by atoms with van der Waals surface area (Å²) in [6, 6.07) is 1.59. The number of nitrogens with two attached hydrogens (primary N) is 1. The Balaban J connectivity index is 1.94. The molecule has 1 aromatic heterocycles. The van der Waals surface area contributed by atoms with E-state index in [1.54, 1.807) is 0 Å². The standard InChI is InChI=1S/C13H20FN5O/c1-9(19-6-2-3-7-19)8-17-13(20)10-4-5-16-12(18-15)11(10)14/h4-5,9H,2-3,6-8,15H2,1H3,(H,16,18)(H,17,20). The molecule has 0 spiro atoms. The van der Waals surface area contributed by atoms with Crippen LogP contribution in [0.15, 0.2) is 12.3 Å². The predicted octanol–water partition coefficient (Wildman–Crippen LogP) is 0.720. The van der Waals surface area contributed by atoms with Gasteiger partial charge in [-0.05, 0) is 38.9 Å². The number of rotatable bonds is 5. The Morgan fingerprint density at radius 1 is 1.55 bits per heavy atom. The molecule has 4 N–H and O–H groups in total. The number of hydrogen-bond acceptors (Lipinski definition) is 5. The Morgan fingerprint density at radius 3 is 2.90 bits per heavy atom. The smallest absolute Gasteiger partial charge is 0.254 e. The second-order valence-electron chi connectivity index (χ2n) is 4.97. The zero-order chi connectivity index (χ0) is 14.5. The summed E-state index contributed by atoms with van der Waals surface area (Å²) in [7, 11) is 0. The summed E-state index contributed by atoms with van der Waals surface area (Å²) < 4.78 is 13.9. The maximum absolute atomic E-state index is 13.9. The third kappa shape index (κ3) is 3.23. The minimum Gasteiger partial charge on any atom is -0.350 e. The van der Waals surface area contributed by atoms with Crippen LogP contribution >= 0.6 is 0 Å². The van der Waals surface area contributed by atoms with Crippen LogP contribution < -0.4 is 16.6 Å². The normalized spacial score (nSPS) is 16.9. The molecule has 0 aliphatic carbocycles. The summed E-state index contributed by atoms with van der Waals surface area (Å²) in [5, 5.41) is 2.75. The van der Waals surface area contributed by atoms with Crippen molar-refractivity contribution in [3.8, 4) is 0 Å². The zero-order valence-corrected chi connectivity index (χ0v) is 11.5. The van der Waals surface area contributed by atoms with Gasteiger partial charge in [0, 0.05) is 18.8 Å². The first-order valence-corrected chi connectivity index (χ1v) is 6.77. The Hall–Kier alpha value is -1.73. The quantitative estimate of drug-likeness (QED) is 0.547. The van der Waals surface area contributed by atoms with Gasteiger partial charge in [0.1, 0.15) is 0 Å². The van der Waals surface area contributed by atoms with E-state index < -0.39 is 11.7 Å². The number of amides is 1. The molecule has 0 saturated carbocycles. The number of hydrazine groups is 1. The highest BCUT2D eigenvalue weighted by Gasteiger charge is 2.20. The number of carbonyl (C=O) groups is 1. The second-order valence-corrected chi connectivity index (χ2v) is 4.97. The van der Waals surface area contributed by atoms with Crippen LogP contribution in [0.2, 0.25) is 0 Å². The number of nitrogen functional groups attached to an aromatic ring is 1. The van der Waals surface area contributed by atoms with E-state index in [9.17, 15) is 9.18 Å². The van der Waals surface area contributed by atoms with Gasteiger partial charge in [0.25, 0.3) is 5.91 Å². The van der Waals surface area contributed by atoms with Crippen LogP contribution in [0.25, 0.3) is 0 Å². The fourth-order valence-electron chi connectivity index (χ4n) is 2.37. The zero-order valence-electron chi connectivity index (χ0n) is 11.5. The monoisotopic (exact) mass is 281 g/mol. The van der Waals surface area contributed by atoms with Crippen LogP contribution in [-0.2, 0) is 0 Å². The average molecular weight is 281 g/mol. The molecule has 7 heteroatoms. The number of hydrogen-bond donors (Lipinski definition) is 3. The van der Waals surface area contributed by atoms with E-state index in [0.29, 0.717) is 6.54 Å². The topological polar surface area (TPSA) is 83.3 Å². The lowest BCUT2D eigenvalue weighted by Gasteiger charge is -2.23. The molecule has 0 bridgehead atoms. The average Bonchev–Trinajstić information content (AvgIpc) is 2.99. The SMILES string of the molecule is CC(CNC(=O)c1ccnc(NN)c1F)N1CCCC1. The molecule has 1 atom stereocenters. The van der Waals surface area contributed by atoms with E-state index in [0.717, 1.165) is 13.1 Å². The number of nitrogens with zero attached hydrogens (tertiary/aromatic N) is 2. The Bertz CT molecular complexity index is 476. The molecular weight excluding hydrogens is 261 g/mol. The lowest BCUT2D eigenvalue weighted by atomic mass is 10.2. The molecule has 1 saturated heterocycles. The maximum Gasteiger partial charge on any atom is 0.254 e. The van der Waals surface area contributed by atoms with Crippen molar-refractivity contribution in [1.82, 2.24) is 15.2 Å². The van der Waals surface area contributed by atoms with Crippen molar-refractivity contribution in [2.24, 2.45) is 5.84 Å². The van der Waals surface area contributed by atoms with E-state index in [2.05, 4.69) is 27.6 Å². The van der Waals surface area contributed by atoms with Crippen LogP contribution in [0, 0.1) is 5.82 Å². The van der Waals surface area contributed by atoms with Crippen molar-refractivity contribution in [3.05, 3.63) is 23.6 Å². The highest BCUT2D eigenvalue weighted by molar-refractivity contribution is 5.95. The summed E-state index contributed by atoms with van der Waals surface area (Å²) in [5.41, 5.74) is 2.07. The molecule has 1 unspecified atom stereocenters. The van der Waals surface area contributed by atoms with Crippen molar-refractivity contribution < 1.29 is 9.18 Å². The molecule has 1 aliphatic heterocycles. The van der Waals surface area contributed by atoms with Crippen molar-refractivity contribution in [1.29, 1.82) is 0 Å². The minimum atomic E-state index is -0.735. The van der Waals surface area contributed by atoms with E-state index in [1.807, 2.05) is 0 Å². The van der Waals surface area contributed by atoms with Gasteiger partial charge >= 0.3 is 0 Å². The molecule has 110 valence electrons. The number of carbonyl (C=O) groups excluding carboxylic acids is 1. The fourth-order valence-corrected chi connectivity index (χ4v) is 2.37. The summed E-state index contributed by atoms with van der Waals surface area (Å²) in [4.78, 5) is 18.0. The Labute approximate surface area is 117 Å². The van der Waals surface area contributed by atoms with Crippen LogP contribution in [0.4, 0.5) is 10.2 Å². The van der Waals surface area contributed by atoms with E-state index in [4.69, 9.17) is 5.84 Å². The fraction of sp³-hybridized carbons (Fsp3) is 0.538. The molecule has 2 rings (SSSR count). The second kappa shape index (κ2) is 6.62. The highest BCUT2D eigenvalue weighted by atomic mass is 19.1. The third-order valence-electron chi connectivity index (χ3n) is 3.59. The van der Waals surface area contributed by atoms with Crippen LogP contribution in [-0.4, -0.2) is 41.5 Å². The van der Waals surface area contributed by atoms with Crippen molar-refractivity contribution in [2.45, 2.75) is 25.8 Å². The molecule has 1 aromatic rings. The summed E-state index contributed by atoms with van der Waals surface area (Å²) in [6.45, 7) is 4.66. The van der Waals surface area contributed by atoms with E-state index in [-0.39, 0.29) is 17.4 Å². The van der Waals surface area contributed by atoms with Gasteiger partial charge in [0.15, 0.2) is 11.6 Å². The lowest BCUT2D eigenvalue weighted by molar-refractivity contribution is 0.0936. The first-order valence-electron chi connectivity index (χ1n) is 6.77. The van der Waals surface area contributed by atoms with Crippen LogP contribution in [0.3, 0.4) is 0 Å². The summed E-state index contributed by atoms with van der Waals surface area (Å²) in [5.74, 6) is 3.81. The Kier molecular flexibility index (Phi) is 4.86. The lowest BCUT2D eigenvalue weighted by Crippen LogP contribution is -2.40. The molecule has 1 aliphatic rings. The largest absolute Gasteiger partial charge is 0.350 e. The van der Waals surface area contributed by atoms with Gasteiger partial charge in [-0.25, -0.2) is 15.2 Å². The van der Waals surface area contributed by atoms with E-state index >= 15 is 0 Å². The molecule has 20 heavy (non-hydrogen) atoms. The number of nitrogens with one attached hydrogen (secondary N) is 2. The van der Waals surface area contributed by atoms with Crippen LogP contribution in [0.5, 0.6) is 0 Å². The molecule has 0 radical (unpaired) electrons. The molecule has 0 aromatic carbocycles. The third-order valence-corrected chi connectivity index (χ3v) is 3.59. The van der Waals surface area contributed by atoms with E-state index in [1.165, 1.54) is 25.1 Å². The summed E-state index contributed by atoms with van der Waals surface area (Å²) in [6.07, 6.45) is 3.74. The van der Waals surface area contributed by atoms with Gasteiger partial charge in [-0.15, -0.1) is 0 Å². The van der Waals surface area contributed by atoms with Crippen LogP contribution in [0.1, 0.15) is 30.1 Å². The molecular formula is C13H20FN5O. The van der Waals surface area contributed by atoms with Gasteiger partial charge in [-0.3, -0.25) is 9.69 Å². The van der Waals surface area contributed by atoms with Crippen molar-refractivity contribution in [3.63, 3.8) is 0 Å².